The SMILES string of the molecule is COc1cc(C)cc(C)c1C(=O)C(N)c1ccccc1. The van der Waals surface area contributed by atoms with E-state index in [0.29, 0.717) is 11.3 Å². The molecule has 0 heterocycles. The van der Waals surface area contributed by atoms with Crippen LogP contribution in [0.15, 0.2) is 42.5 Å². The van der Waals surface area contributed by atoms with Gasteiger partial charge in [-0.3, -0.25) is 4.79 Å². The van der Waals surface area contributed by atoms with E-state index in [1.54, 1.807) is 7.11 Å². The molecule has 0 aliphatic rings. The van der Waals surface area contributed by atoms with E-state index in [9.17, 15) is 4.79 Å². The van der Waals surface area contributed by atoms with Crippen molar-refractivity contribution in [2.75, 3.05) is 7.11 Å². The van der Waals surface area contributed by atoms with Gasteiger partial charge in [0.05, 0.1) is 18.7 Å². The van der Waals surface area contributed by atoms with Crippen LogP contribution < -0.4 is 10.5 Å². The van der Waals surface area contributed by atoms with E-state index in [1.807, 2.05) is 56.3 Å². The first-order valence-corrected chi connectivity index (χ1v) is 6.54. The van der Waals surface area contributed by atoms with E-state index < -0.39 is 6.04 Å². The summed E-state index contributed by atoms with van der Waals surface area (Å²) in [6.45, 7) is 3.88. The van der Waals surface area contributed by atoms with Gasteiger partial charge in [0.1, 0.15) is 5.75 Å². The number of aryl methyl sites for hydroxylation is 2. The quantitative estimate of drug-likeness (QED) is 0.867. The van der Waals surface area contributed by atoms with E-state index in [1.165, 1.54) is 0 Å². The van der Waals surface area contributed by atoms with Crippen molar-refractivity contribution < 1.29 is 9.53 Å². The van der Waals surface area contributed by atoms with Crippen LogP contribution in [0.5, 0.6) is 5.75 Å². The van der Waals surface area contributed by atoms with Crippen molar-refractivity contribution in [2.45, 2.75) is 19.9 Å². The molecule has 20 heavy (non-hydrogen) atoms. The summed E-state index contributed by atoms with van der Waals surface area (Å²) < 4.78 is 5.34. The fourth-order valence-corrected chi connectivity index (χ4v) is 2.37. The molecule has 0 aliphatic carbocycles. The van der Waals surface area contributed by atoms with Gasteiger partial charge in [0.2, 0.25) is 0 Å². The van der Waals surface area contributed by atoms with Crippen molar-refractivity contribution in [3.8, 4) is 5.75 Å². The lowest BCUT2D eigenvalue weighted by Gasteiger charge is -2.16. The van der Waals surface area contributed by atoms with Crippen LogP contribution >= 0.6 is 0 Å². The number of ether oxygens (including phenoxy) is 1. The third kappa shape index (κ3) is 2.73. The lowest BCUT2D eigenvalue weighted by atomic mass is 9.93. The molecule has 2 aromatic carbocycles. The van der Waals surface area contributed by atoms with Crippen LogP contribution in [0.3, 0.4) is 0 Å². The summed E-state index contributed by atoms with van der Waals surface area (Å²) in [5.41, 5.74) is 9.41. The fraction of sp³-hybridized carbons (Fsp3) is 0.235. The Bertz CT molecular complexity index is 620. The number of Topliss-reactive ketones (excluding diaryl/α,β-unsaturated/α-hetero) is 1. The Kier molecular flexibility index (Phi) is 4.20. The van der Waals surface area contributed by atoms with Crippen LogP contribution in [0.2, 0.25) is 0 Å². The van der Waals surface area contributed by atoms with Crippen molar-refractivity contribution in [3.63, 3.8) is 0 Å². The average molecular weight is 269 g/mol. The normalized spacial score (nSPS) is 12.0. The second-order valence-corrected chi connectivity index (χ2v) is 4.91. The lowest BCUT2D eigenvalue weighted by Crippen LogP contribution is -2.23. The smallest absolute Gasteiger partial charge is 0.188 e. The highest BCUT2D eigenvalue weighted by Gasteiger charge is 2.23. The van der Waals surface area contributed by atoms with Crippen molar-refractivity contribution >= 4 is 5.78 Å². The Morgan fingerprint density at radius 1 is 1.15 bits per heavy atom. The molecule has 2 aromatic rings. The van der Waals surface area contributed by atoms with Crippen LogP contribution in [0.25, 0.3) is 0 Å². The standard InChI is InChI=1S/C17H19NO2/c1-11-9-12(2)15(14(10-11)20-3)17(19)16(18)13-7-5-4-6-8-13/h4-10,16H,18H2,1-3H3. The van der Waals surface area contributed by atoms with E-state index in [4.69, 9.17) is 10.5 Å². The first-order valence-electron chi connectivity index (χ1n) is 6.54. The number of carbonyl (C=O) groups is 1. The fourth-order valence-electron chi connectivity index (χ4n) is 2.37. The Balaban J connectivity index is 2.44. The molecule has 0 aliphatic heterocycles. The molecule has 0 saturated heterocycles. The van der Waals surface area contributed by atoms with Gasteiger partial charge in [-0.25, -0.2) is 0 Å². The Morgan fingerprint density at radius 2 is 1.80 bits per heavy atom. The predicted octanol–water partition coefficient (Wildman–Crippen LogP) is 3.19. The summed E-state index contributed by atoms with van der Waals surface area (Å²) in [5, 5.41) is 0. The zero-order chi connectivity index (χ0) is 14.7. The second-order valence-electron chi connectivity index (χ2n) is 4.91. The van der Waals surface area contributed by atoms with Gasteiger partial charge < -0.3 is 10.5 Å². The minimum atomic E-state index is -0.675. The molecule has 0 fully saturated rings. The molecule has 2 N–H and O–H groups in total. The van der Waals surface area contributed by atoms with E-state index in [2.05, 4.69) is 0 Å². The molecule has 0 saturated carbocycles. The van der Waals surface area contributed by atoms with Gasteiger partial charge in [0.25, 0.3) is 0 Å². The zero-order valence-corrected chi connectivity index (χ0v) is 12.0. The maximum Gasteiger partial charge on any atom is 0.188 e. The van der Waals surface area contributed by atoms with Gasteiger partial charge in [-0.05, 0) is 36.6 Å². The third-order valence-corrected chi connectivity index (χ3v) is 3.35. The molecule has 1 unspecified atom stereocenters. The van der Waals surface area contributed by atoms with Crippen LogP contribution in [0.1, 0.15) is 33.1 Å². The van der Waals surface area contributed by atoms with Gasteiger partial charge in [-0.15, -0.1) is 0 Å². The highest BCUT2D eigenvalue weighted by Crippen LogP contribution is 2.28. The molecule has 0 radical (unpaired) electrons. The summed E-state index contributed by atoms with van der Waals surface area (Å²) >= 11 is 0. The van der Waals surface area contributed by atoms with Crippen LogP contribution in [-0.2, 0) is 0 Å². The third-order valence-electron chi connectivity index (χ3n) is 3.35. The maximum atomic E-state index is 12.7. The summed E-state index contributed by atoms with van der Waals surface area (Å²) in [7, 11) is 1.57. The van der Waals surface area contributed by atoms with E-state index in [0.717, 1.165) is 16.7 Å². The van der Waals surface area contributed by atoms with Gasteiger partial charge in [0, 0.05) is 0 Å². The zero-order valence-electron chi connectivity index (χ0n) is 12.0. The minimum Gasteiger partial charge on any atom is -0.496 e. The summed E-state index contributed by atoms with van der Waals surface area (Å²) in [6.07, 6.45) is 0. The second kappa shape index (κ2) is 5.88. The largest absolute Gasteiger partial charge is 0.496 e. The van der Waals surface area contributed by atoms with Gasteiger partial charge in [-0.2, -0.15) is 0 Å². The Labute approximate surface area is 119 Å². The lowest BCUT2D eigenvalue weighted by molar-refractivity contribution is 0.0957. The predicted molar refractivity (Wildman–Crippen MR) is 80.2 cm³/mol. The highest BCUT2D eigenvalue weighted by molar-refractivity contribution is 6.04. The molecule has 0 spiro atoms. The molecule has 0 aromatic heterocycles. The van der Waals surface area contributed by atoms with Crippen molar-refractivity contribution in [1.29, 1.82) is 0 Å². The van der Waals surface area contributed by atoms with Gasteiger partial charge >= 0.3 is 0 Å². The molecule has 1 atom stereocenters. The number of hydrogen-bond acceptors (Lipinski definition) is 3. The van der Waals surface area contributed by atoms with Crippen molar-refractivity contribution in [3.05, 3.63) is 64.7 Å². The number of rotatable bonds is 4. The number of methoxy groups -OCH3 is 1. The monoisotopic (exact) mass is 269 g/mol. The molecule has 3 nitrogen and oxygen atoms in total. The molecular formula is C17H19NO2. The van der Waals surface area contributed by atoms with Crippen molar-refractivity contribution in [1.82, 2.24) is 0 Å². The highest BCUT2D eigenvalue weighted by atomic mass is 16.5. The molecule has 0 bridgehead atoms. The van der Waals surface area contributed by atoms with Crippen LogP contribution in [0, 0.1) is 13.8 Å². The first-order chi connectivity index (χ1) is 9.54. The summed E-state index contributed by atoms with van der Waals surface area (Å²) in [5.74, 6) is 0.462. The van der Waals surface area contributed by atoms with Crippen molar-refractivity contribution in [2.24, 2.45) is 5.73 Å². The molecular weight excluding hydrogens is 250 g/mol. The number of benzene rings is 2. The number of ketones is 1. The molecule has 104 valence electrons. The molecule has 3 heteroatoms. The van der Waals surface area contributed by atoms with Crippen LogP contribution in [-0.4, -0.2) is 12.9 Å². The summed E-state index contributed by atoms with van der Waals surface area (Å²) in [6, 6.07) is 12.5. The van der Waals surface area contributed by atoms with E-state index in [-0.39, 0.29) is 5.78 Å². The maximum absolute atomic E-state index is 12.7. The number of carbonyl (C=O) groups excluding carboxylic acids is 1. The van der Waals surface area contributed by atoms with E-state index >= 15 is 0 Å². The minimum absolute atomic E-state index is 0.120. The van der Waals surface area contributed by atoms with Gasteiger partial charge in [0.15, 0.2) is 5.78 Å². The Morgan fingerprint density at radius 3 is 2.40 bits per heavy atom. The number of nitrogens with two attached hydrogens (primary N) is 1. The molecule has 0 amide bonds. The van der Waals surface area contributed by atoms with Gasteiger partial charge in [-0.1, -0.05) is 36.4 Å². The average Bonchev–Trinajstić information content (AvgIpc) is 2.46. The Hall–Kier alpha value is -2.13. The van der Waals surface area contributed by atoms with Crippen LogP contribution in [0.4, 0.5) is 0 Å². The number of hydrogen-bond donors (Lipinski definition) is 1. The first kappa shape index (κ1) is 14.3. The summed E-state index contributed by atoms with van der Waals surface area (Å²) in [4.78, 5) is 12.7. The molecule has 2 rings (SSSR count). The topological polar surface area (TPSA) is 52.3 Å².